The zero-order valence-corrected chi connectivity index (χ0v) is 19.1. The molecule has 0 saturated carbocycles. The van der Waals surface area contributed by atoms with Crippen LogP contribution in [0.4, 0.5) is 29.3 Å². The maximum absolute atomic E-state index is 13.1. The van der Waals surface area contributed by atoms with Gasteiger partial charge in [-0.25, -0.2) is 9.59 Å². The van der Waals surface area contributed by atoms with E-state index in [9.17, 15) is 32.7 Å². The summed E-state index contributed by atoms with van der Waals surface area (Å²) >= 11 is 0. The number of nitrogens with zero attached hydrogens (tertiary/aromatic N) is 2. The normalized spacial score (nSPS) is 10.9. The van der Waals surface area contributed by atoms with Crippen LogP contribution in [0.2, 0.25) is 0 Å². The summed E-state index contributed by atoms with van der Waals surface area (Å²) in [4.78, 5) is 41.2. The van der Waals surface area contributed by atoms with Crippen LogP contribution in [0.3, 0.4) is 0 Å². The third kappa shape index (κ3) is 6.09. The summed E-state index contributed by atoms with van der Waals surface area (Å²) in [6.07, 6.45) is -3.30. The number of alkyl halides is 3. The van der Waals surface area contributed by atoms with Gasteiger partial charge >= 0.3 is 18.2 Å². The summed E-state index contributed by atoms with van der Waals surface area (Å²) in [5.41, 5.74) is -1.51. The first kappa shape index (κ1) is 26.0. The fraction of sp³-hybridized carbons (Fsp3) is 0.167. The molecule has 0 aliphatic rings. The number of halogens is 3. The zero-order valence-electron chi connectivity index (χ0n) is 19.1. The highest BCUT2D eigenvalue weighted by Gasteiger charge is 2.32. The van der Waals surface area contributed by atoms with E-state index in [2.05, 4.69) is 15.6 Å². The Morgan fingerprint density at radius 3 is 2.31 bits per heavy atom. The first-order chi connectivity index (χ1) is 17.0. The largest absolute Gasteiger partial charge is 0.478 e. The van der Waals surface area contributed by atoms with Gasteiger partial charge in [0.25, 0.3) is 5.91 Å². The summed E-state index contributed by atoms with van der Waals surface area (Å²) in [6, 6.07) is 10.4. The Balaban J connectivity index is 1.79. The highest BCUT2D eigenvalue weighted by molar-refractivity contribution is 6.06. The number of pyridine rings is 1. The van der Waals surface area contributed by atoms with Gasteiger partial charge in [0.1, 0.15) is 17.2 Å². The van der Waals surface area contributed by atoms with Gasteiger partial charge in [-0.3, -0.25) is 14.7 Å². The van der Waals surface area contributed by atoms with Gasteiger partial charge in [-0.05, 0) is 55.5 Å². The third-order valence-electron chi connectivity index (χ3n) is 4.96. The molecule has 3 rings (SSSR count). The van der Waals surface area contributed by atoms with Gasteiger partial charge in [-0.2, -0.15) is 13.2 Å². The molecule has 0 spiro atoms. The molecule has 0 bridgehead atoms. The van der Waals surface area contributed by atoms with Crippen molar-refractivity contribution >= 4 is 29.3 Å². The van der Waals surface area contributed by atoms with Crippen LogP contribution >= 0.6 is 0 Å². The van der Waals surface area contributed by atoms with Crippen molar-refractivity contribution in [3.8, 4) is 11.5 Å². The molecule has 9 nitrogen and oxygen atoms in total. The molecule has 0 aliphatic carbocycles. The monoisotopic (exact) mass is 502 g/mol. The number of amides is 3. The van der Waals surface area contributed by atoms with E-state index in [1.807, 2.05) is 0 Å². The Hall–Kier alpha value is -4.61. The number of ether oxygens (including phenoxy) is 1. The lowest BCUT2D eigenvalue weighted by Crippen LogP contribution is -2.35. The standard InChI is InChI=1S/C24H21F3N4O5/c1-3-31(23(35)30-19-12-14(24(25,26)27)4-9-18(19)22(33)34)15-5-7-16(8-6-15)36-17-10-11-29-20(13-17)21(32)28-2/h4-13H,3H2,1-2H3,(H,28,32)(H,30,35)(H,33,34). The molecule has 3 amide bonds. The van der Waals surface area contributed by atoms with Crippen LogP contribution in [0.15, 0.2) is 60.8 Å². The minimum absolute atomic E-state index is 0.132. The molecule has 2 aromatic carbocycles. The highest BCUT2D eigenvalue weighted by Crippen LogP contribution is 2.33. The van der Waals surface area contributed by atoms with Crippen LogP contribution in [-0.4, -0.2) is 41.6 Å². The van der Waals surface area contributed by atoms with Crippen molar-refractivity contribution in [3.63, 3.8) is 0 Å². The number of carbonyl (C=O) groups is 3. The van der Waals surface area contributed by atoms with Crippen molar-refractivity contribution in [2.45, 2.75) is 13.1 Å². The number of anilines is 2. The Morgan fingerprint density at radius 1 is 1.03 bits per heavy atom. The molecular formula is C24H21F3N4O5. The molecule has 1 aromatic heterocycles. The number of urea groups is 1. The van der Waals surface area contributed by atoms with Crippen LogP contribution in [0.1, 0.15) is 33.3 Å². The average molecular weight is 502 g/mol. The molecule has 3 N–H and O–H groups in total. The van der Waals surface area contributed by atoms with E-state index in [-0.39, 0.29) is 18.1 Å². The van der Waals surface area contributed by atoms with Crippen molar-refractivity contribution in [1.82, 2.24) is 10.3 Å². The summed E-state index contributed by atoms with van der Waals surface area (Å²) < 4.78 is 45.0. The van der Waals surface area contributed by atoms with Gasteiger partial charge in [-0.15, -0.1) is 0 Å². The number of benzene rings is 2. The Bertz CT molecular complexity index is 1280. The van der Waals surface area contributed by atoms with Crippen molar-refractivity contribution in [2.24, 2.45) is 0 Å². The Labute approximate surface area is 203 Å². The van der Waals surface area contributed by atoms with E-state index < -0.39 is 35.0 Å². The summed E-state index contributed by atoms with van der Waals surface area (Å²) in [5, 5.41) is 14.0. The number of carboxylic acid groups (broad SMARTS) is 1. The van der Waals surface area contributed by atoms with E-state index in [4.69, 9.17) is 4.74 Å². The molecule has 0 radical (unpaired) electrons. The van der Waals surface area contributed by atoms with Gasteiger partial charge in [0.15, 0.2) is 0 Å². The van der Waals surface area contributed by atoms with Crippen LogP contribution in [0.5, 0.6) is 11.5 Å². The number of carbonyl (C=O) groups excluding carboxylic acids is 2. The van der Waals surface area contributed by atoms with E-state index >= 15 is 0 Å². The number of hydrogen-bond acceptors (Lipinski definition) is 5. The number of aromatic nitrogens is 1. The molecule has 0 fully saturated rings. The first-order valence-electron chi connectivity index (χ1n) is 10.5. The van der Waals surface area contributed by atoms with Crippen molar-refractivity contribution in [3.05, 3.63) is 77.6 Å². The summed E-state index contributed by atoms with van der Waals surface area (Å²) in [7, 11) is 1.47. The minimum Gasteiger partial charge on any atom is -0.478 e. The maximum atomic E-state index is 13.1. The van der Waals surface area contributed by atoms with Gasteiger partial charge in [-0.1, -0.05) is 0 Å². The zero-order chi connectivity index (χ0) is 26.5. The molecule has 0 atom stereocenters. The second-order valence-electron chi connectivity index (χ2n) is 7.29. The predicted molar refractivity (Wildman–Crippen MR) is 125 cm³/mol. The molecular weight excluding hydrogens is 481 g/mol. The lowest BCUT2D eigenvalue weighted by molar-refractivity contribution is -0.137. The van der Waals surface area contributed by atoms with Crippen LogP contribution in [-0.2, 0) is 6.18 Å². The van der Waals surface area contributed by atoms with Crippen molar-refractivity contribution < 1.29 is 37.4 Å². The van der Waals surface area contributed by atoms with Crippen LogP contribution in [0.25, 0.3) is 0 Å². The van der Waals surface area contributed by atoms with E-state index in [0.717, 1.165) is 6.07 Å². The average Bonchev–Trinajstić information content (AvgIpc) is 2.84. The lowest BCUT2D eigenvalue weighted by Gasteiger charge is -2.23. The van der Waals surface area contributed by atoms with E-state index in [0.29, 0.717) is 29.3 Å². The predicted octanol–water partition coefficient (Wildman–Crippen LogP) is 5.01. The van der Waals surface area contributed by atoms with Crippen LogP contribution in [0, 0.1) is 0 Å². The van der Waals surface area contributed by atoms with Crippen molar-refractivity contribution in [2.75, 3.05) is 23.8 Å². The van der Waals surface area contributed by atoms with Crippen molar-refractivity contribution in [1.29, 1.82) is 0 Å². The smallest absolute Gasteiger partial charge is 0.416 e. The number of hydrogen-bond donors (Lipinski definition) is 3. The van der Waals surface area contributed by atoms with Gasteiger partial charge < -0.3 is 20.5 Å². The minimum atomic E-state index is -4.72. The highest BCUT2D eigenvalue weighted by atomic mass is 19.4. The van der Waals surface area contributed by atoms with Gasteiger partial charge in [0.2, 0.25) is 0 Å². The maximum Gasteiger partial charge on any atom is 0.416 e. The number of aromatic carboxylic acids is 1. The van der Waals surface area contributed by atoms with Gasteiger partial charge in [0.05, 0.1) is 16.8 Å². The van der Waals surface area contributed by atoms with E-state index in [1.165, 1.54) is 24.2 Å². The third-order valence-corrected chi connectivity index (χ3v) is 4.96. The Morgan fingerprint density at radius 2 is 1.72 bits per heavy atom. The topological polar surface area (TPSA) is 121 Å². The first-order valence-corrected chi connectivity index (χ1v) is 10.5. The van der Waals surface area contributed by atoms with Gasteiger partial charge in [0, 0.05) is 31.5 Å². The fourth-order valence-corrected chi connectivity index (χ4v) is 3.19. The number of rotatable bonds is 7. The number of nitrogens with one attached hydrogen (secondary N) is 2. The SMILES string of the molecule is CCN(C(=O)Nc1cc(C(F)(F)F)ccc1C(=O)O)c1ccc(Oc2ccnc(C(=O)NC)c2)cc1. The molecule has 0 saturated heterocycles. The lowest BCUT2D eigenvalue weighted by atomic mass is 10.1. The number of carboxylic acids is 1. The second-order valence-corrected chi connectivity index (χ2v) is 7.29. The Kier molecular flexibility index (Phi) is 7.77. The molecule has 3 aromatic rings. The van der Waals surface area contributed by atoms with Crippen LogP contribution < -0.4 is 20.3 Å². The van der Waals surface area contributed by atoms with E-state index in [1.54, 1.807) is 37.3 Å². The second kappa shape index (κ2) is 10.8. The fourth-order valence-electron chi connectivity index (χ4n) is 3.19. The summed E-state index contributed by atoms with van der Waals surface area (Å²) in [6.45, 7) is 1.78. The summed E-state index contributed by atoms with van der Waals surface area (Å²) in [5.74, 6) is -1.13. The molecule has 0 aliphatic heterocycles. The molecule has 1 heterocycles. The molecule has 0 unspecified atom stereocenters. The molecule has 188 valence electrons. The quantitative estimate of drug-likeness (QED) is 0.418. The molecule has 12 heteroatoms. The molecule has 36 heavy (non-hydrogen) atoms.